The third kappa shape index (κ3) is 5.96. The Morgan fingerprint density at radius 2 is 1.84 bits per heavy atom. The quantitative estimate of drug-likeness (QED) is 0.254. The number of hydrogen-bond acceptors (Lipinski definition) is 7. The summed E-state index contributed by atoms with van der Waals surface area (Å²) in [5, 5.41) is 7.32. The highest BCUT2D eigenvalue weighted by Crippen LogP contribution is 2.26. The van der Waals surface area contributed by atoms with E-state index in [0.717, 1.165) is 32.0 Å². The highest BCUT2D eigenvalue weighted by molar-refractivity contribution is 7.18. The van der Waals surface area contributed by atoms with Crippen LogP contribution in [0.2, 0.25) is 5.02 Å². The van der Waals surface area contributed by atoms with Crippen molar-refractivity contribution >= 4 is 56.6 Å². The van der Waals surface area contributed by atoms with Gasteiger partial charge < -0.3 is 10.1 Å². The third-order valence-corrected chi connectivity index (χ3v) is 6.69. The summed E-state index contributed by atoms with van der Waals surface area (Å²) in [4.78, 5) is 34.8. The molecule has 0 saturated carbocycles. The lowest BCUT2D eigenvalue weighted by Gasteiger charge is -2.16. The van der Waals surface area contributed by atoms with E-state index in [1.54, 1.807) is 23.5 Å². The zero-order chi connectivity index (χ0) is 25.8. The fourth-order valence-corrected chi connectivity index (χ4v) is 4.70. The number of carbonyl (C=O) groups excluding carboxylic acids is 1. The van der Waals surface area contributed by atoms with Crippen LogP contribution in [0.15, 0.2) is 83.8 Å². The van der Waals surface area contributed by atoms with Gasteiger partial charge >= 0.3 is 6.09 Å². The topological polar surface area (TPSA) is 98.1 Å². The van der Waals surface area contributed by atoms with Crippen molar-refractivity contribution in [2.24, 2.45) is 0 Å². The fraction of sp³-hybridized carbons (Fsp3) is 0.111. The highest BCUT2D eigenvalue weighted by atomic mass is 35.5. The Morgan fingerprint density at radius 1 is 1.05 bits per heavy atom. The van der Waals surface area contributed by atoms with Crippen molar-refractivity contribution in [3.63, 3.8) is 0 Å². The number of carbonyl (C=O) groups is 1. The number of thiazole rings is 1. The molecule has 3 aromatic carbocycles. The summed E-state index contributed by atoms with van der Waals surface area (Å²) in [6.07, 6.45) is 0.579. The van der Waals surface area contributed by atoms with Gasteiger partial charge in [-0.3, -0.25) is 14.7 Å². The molecule has 37 heavy (non-hydrogen) atoms. The van der Waals surface area contributed by atoms with Crippen LogP contribution >= 0.6 is 22.9 Å². The predicted molar refractivity (Wildman–Crippen MR) is 147 cm³/mol. The maximum absolute atomic E-state index is 13.5. The van der Waals surface area contributed by atoms with Gasteiger partial charge in [0.2, 0.25) is 5.95 Å². The van der Waals surface area contributed by atoms with Crippen molar-refractivity contribution in [2.45, 2.75) is 20.1 Å². The Labute approximate surface area is 221 Å². The second kappa shape index (κ2) is 10.8. The van der Waals surface area contributed by atoms with Gasteiger partial charge in [-0.05, 0) is 48.4 Å². The van der Waals surface area contributed by atoms with Crippen molar-refractivity contribution in [3.05, 3.63) is 111 Å². The van der Waals surface area contributed by atoms with Gasteiger partial charge in [-0.1, -0.05) is 54.1 Å². The lowest BCUT2D eigenvalue weighted by Crippen LogP contribution is -2.29. The molecule has 5 aromatic rings. The second-order valence-corrected chi connectivity index (χ2v) is 9.91. The van der Waals surface area contributed by atoms with E-state index in [1.807, 2.05) is 67.6 Å². The molecule has 2 heterocycles. The van der Waals surface area contributed by atoms with E-state index < -0.39 is 11.7 Å². The minimum atomic E-state index is -0.743. The van der Waals surface area contributed by atoms with Crippen molar-refractivity contribution in [1.29, 1.82) is 0 Å². The SMILES string of the molecule is Cc1nc2ccc(Nc3ncc(NC(=O)OCc4ccccc4)c(=O)n3Cc3ccc(Cl)cc3)cc2s1. The number of halogens is 1. The number of aromatic nitrogens is 3. The predicted octanol–water partition coefficient (Wildman–Crippen LogP) is 6.36. The molecule has 2 aromatic heterocycles. The molecule has 0 aliphatic carbocycles. The van der Waals surface area contributed by atoms with Crippen LogP contribution < -0.4 is 16.2 Å². The van der Waals surface area contributed by atoms with Gasteiger partial charge in [-0.15, -0.1) is 11.3 Å². The van der Waals surface area contributed by atoms with E-state index in [-0.39, 0.29) is 18.8 Å². The smallest absolute Gasteiger partial charge is 0.412 e. The van der Waals surface area contributed by atoms with E-state index in [0.29, 0.717) is 11.0 Å². The number of ether oxygens (including phenoxy) is 1. The molecule has 0 fully saturated rings. The minimum absolute atomic E-state index is 0.00566. The molecule has 0 spiro atoms. The van der Waals surface area contributed by atoms with Crippen molar-refractivity contribution in [1.82, 2.24) is 14.5 Å². The van der Waals surface area contributed by atoms with Crippen molar-refractivity contribution < 1.29 is 9.53 Å². The summed E-state index contributed by atoms with van der Waals surface area (Å²) in [5.74, 6) is 0.323. The molecule has 0 atom stereocenters. The first-order valence-electron chi connectivity index (χ1n) is 11.4. The van der Waals surface area contributed by atoms with E-state index in [4.69, 9.17) is 16.3 Å². The lowest BCUT2D eigenvalue weighted by atomic mass is 10.2. The molecule has 0 radical (unpaired) electrons. The monoisotopic (exact) mass is 531 g/mol. The standard InChI is InChI=1S/C27H22ClN5O3S/c1-17-30-22-12-11-21(13-24(22)37-17)31-26-29-14-23(32-27(35)36-16-19-5-3-2-4-6-19)25(34)33(26)15-18-7-9-20(28)10-8-18/h2-14H,15-16H2,1H3,(H,29,31)(H,32,35). The van der Waals surface area contributed by atoms with Gasteiger partial charge in [0.25, 0.3) is 5.56 Å². The van der Waals surface area contributed by atoms with Crippen molar-refractivity contribution in [3.8, 4) is 0 Å². The van der Waals surface area contributed by atoms with Gasteiger partial charge in [0.05, 0.1) is 28.0 Å². The Balaban J connectivity index is 1.42. The van der Waals surface area contributed by atoms with Gasteiger partial charge in [-0.2, -0.15) is 0 Å². The first kappa shape index (κ1) is 24.5. The molecule has 1 amide bonds. The summed E-state index contributed by atoms with van der Waals surface area (Å²) < 4.78 is 7.74. The molecule has 0 bridgehead atoms. The molecule has 186 valence electrons. The molecule has 0 unspecified atom stereocenters. The van der Waals surface area contributed by atoms with Crippen LogP contribution in [0.3, 0.4) is 0 Å². The number of nitrogens with zero attached hydrogens (tertiary/aromatic N) is 3. The molecule has 8 nitrogen and oxygen atoms in total. The molecule has 2 N–H and O–H groups in total. The zero-order valence-corrected chi connectivity index (χ0v) is 21.3. The number of amides is 1. The second-order valence-electron chi connectivity index (χ2n) is 8.24. The first-order valence-corrected chi connectivity index (χ1v) is 12.6. The number of aryl methyl sites for hydroxylation is 1. The summed E-state index contributed by atoms with van der Waals surface area (Å²) in [7, 11) is 0. The Kier molecular flexibility index (Phi) is 7.16. The molecule has 0 saturated heterocycles. The van der Waals surface area contributed by atoms with E-state index in [9.17, 15) is 9.59 Å². The van der Waals surface area contributed by atoms with Crippen LogP contribution in [0.5, 0.6) is 0 Å². The van der Waals surface area contributed by atoms with Gasteiger partial charge in [-0.25, -0.2) is 14.8 Å². The number of fused-ring (bicyclic) bond motifs is 1. The lowest BCUT2D eigenvalue weighted by molar-refractivity contribution is 0.155. The molecular weight excluding hydrogens is 510 g/mol. The third-order valence-electron chi connectivity index (χ3n) is 5.50. The molecule has 10 heteroatoms. The molecule has 5 rings (SSSR count). The maximum Gasteiger partial charge on any atom is 0.412 e. The summed E-state index contributed by atoms with van der Waals surface area (Å²) in [6.45, 7) is 2.25. The number of nitrogens with one attached hydrogen (secondary N) is 2. The first-order chi connectivity index (χ1) is 17.9. The van der Waals surface area contributed by atoms with Gasteiger partial charge in [0, 0.05) is 10.7 Å². The van der Waals surface area contributed by atoms with Gasteiger partial charge in [0.15, 0.2) is 0 Å². The average Bonchev–Trinajstić information content (AvgIpc) is 3.27. The number of anilines is 3. The van der Waals surface area contributed by atoms with E-state index in [2.05, 4.69) is 20.6 Å². The summed E-state index contributed by atoms with van der Waals surface area (Å²) in [5.41, 5.74) is 2.92. The van der Waals surface area contributed by atoms with Crippen LogP contribution in [0.25, 0.3) is 10.2 Å². The van der Waals surface area contributed by atoms with Crippen LogP contribution in [0.1, 0.15) is 16.1 Å². The number of rotatable bonds is 7. The fourth-order valence-electron chi connectivity index (χ4n) is 3.71. The maximum atomic E-state index is 13.5. The van der Waals surface area contributed by atoms with Crippen LogP contribution in [0, 0.1) is 6.92 Å². The molecule has 0 aliphatic rings. The number of hydrogen-bond donors (Lipinski definition) is 2. The highest BCUT2D eigenvalue weighted by Gasteiger charge is 2.15. The summed E-state index contributed by atoms with van der Waals surface area (Å²) >= 11 is 7.62. The minimum Gasteiger partial charge on any atom is -0.444 e. The largest absolute Gasteiger partial charge is 0.444 e. The Morgan fingerprint density at radius 3 is 2.62 bits per heavy atom. The van der Waals surface area contributed by atoms with E-state index in [1.165, 1.54) is 10.8 Å². The van der Waals surface area contributed by atoms with E-state index >= 15 is 0 Å². The number of benzene rings is 3. The molecular formula is C27H22ClN5O3S. The average molecular weight is 532 g/mol. The Hall–Kier alpha value is -4.21. The Bertz CT molecular complexity index is 1620. The summed E-state index contributed by atoms with van der Waals surface area (Å²) in [6, 6.07) is 22.2. The van der Waals surface area contributed by atoms with Crippen LogP contribution in [-0.4, -0.2) is 20.6 Å². The van der Waals surface area contributed by atoms with Crippen LogP contribution in [0.4, 0.5) is 22.1 Å². The molecule has 0 aliphatic heterocycles. The van der Waals surface area contributed by atoms with Crippen molar-refractivity contribution in [2.75, 3.05) is 10.6 Å². The zero-order valence-electron chi connectivity index (χ0n) is 19.8. The van der Waals surface area contributed by atoms with Gasteiger partial charge in [0.1, 0.15) is 12.3 Å². The van der Waals surface area contributed by atoms with Crippen LogP contribution in [-0.2, 0) is 17.9 Å². The normalized spacial score (nSPS) is 10.9.